The molecule has 0 radical (unpaired) electrons. The zero-order chi connectivity index (χ0) is 33.2. The van der Waals surface area contributed by atoms with Gasteiger partial charge in [0.2, 0.25) is 5.95 Å². The van der Waals surface area contributed by atoms with Crippen molar-refractivity contribution in [1.82, 2.24) is 24.6 Å². The number of benzene rings is 2. The number of ether oxygens (including phenoxy) is 2. The molecule has 3 N–H and O–H groups in total. The largest absolute Gasteiger partial charge is 0.464 e. The number of carbonyl (C=O) groups is 1. The summed E-state index contributed by atoms with van der Waals surface area (Å²) in [5.41, 5.74) is 6.92. The fraction of sp³-hybridized carbons (Fsp3) is 0.438. The SMILES string of the molecule is C#C[C@H]1C[C@@H](COP(=S)(N[C@H](C)C(=O)OCC(C)(C)C)Oc2cccc3ccccc23)O[C@H]1n1cnc2c(N(C)C)nc(N)nc21. The Morgan fingerprint density at radius 1 is 1.26 bits per heavy atom. The molecule has 5 rings (SSSR count). The molecule has 0 bridgehead atoms. The maximum absolute atomic E-state index is 12.9. The summed E-state index contributed by atoms with van der Waals surface area (Å²) in [5, 5.41) is 4.98. The maximum Gasteiger partial charge on any atom is 0.323 e. The number of nitrogen functional groups attached to an aromatic ring is 1. The Bertz CT molecular complexity index is 1810. The van der Waals surface area contributed by atoms with E-state index in [9.17, 15) is 4.79 Å². The zero-order valence-electron chi connectivity index (χ0n) is 26.8. The van der Waals surface area contributed by atoms with Crippen molar-refractivity contribution in [2.45, 2.75) is 52.5 Å². The Balaban J connectivity index is 1.37. The highest BCUT2D eigenvalue weighted by molar-refractivity contribution is 8.09. The number of terminal acetylenes is 1. The minimum absolute atomic E-state index is 0.0557. The molecule has 1 fully saturated rings. The first-order chi connectivity index (χ1) is 21.8. The lowest BCUT2D eigenvalue weighted by Crippen LogP contribution is -2.36. The Morgan fingerprint density at radius 3 is 2.72 bits per heavy atom. The number of hydrogen-bond acceptors (Lipinski definition) is 11. The fourth-order valence-corrected chi connectivity index (χ4v) is 7.50. The molecular weight excluding hydrogens is 625 g/mol. The van der Waals surface area contributed by atoms with Crippen molar-refractivity contribution in [1.29, 1.82) is 0 Å². The third-order valence-corrected chi connectivity index (χ3v) is 9.76. The lowest BCUT2D eigenvalue weighted by molar-refractivity contribution is -0.148. The first kappa shape index (κ1) is 33.6. The van der Waals surface area contributed by atoms with E-state index in [2.05, 4.69) is 26.0 Å². The molecule has 0 aliphatic carbocycles. The van der Waals surface area contributed by atoms with Gasteiger partial charge in [0.1, 0.15) is 11.8 Å². The van der Waals surface area contributed by atoms with E-state index < -0.39 is 31.0 Å². The molecule has 244 valence electrons. The normalized spacial score (nSPS) is 20.2. The molecule has 12 nitrogen and oxygen atoms in total. The quantitative estimate of drug-likeness (QED) is 0.126. The number of imidazole rings is 1. The summed E-state index contributed by atoms with van der Waals surface area (Å²) in [7, 11) is 3.71. The molecule has 0 amide bonds. The Hall–Kier alpha value is -3.79. The van der Waals surface area contributed by atoms with E-state index in [1.807, 2.05) is 82.2 Å². The van der Waals surface area contributed by atoms with Crippen LogP contribution in [0.15, 0.2) is 48.8 Å². The molecule has 2 aromatic heterocycles. The van der Waals surface area contributed by atoms with Crippen LogP contribution in [0.25, 0.3) is 21.9 Å². The summed E-state index contributed by atoms with van der Waals surface area (Å²) in [4.78, 5) is 28.0. The van der Waals surface area contributed by atoms with Gasteiger partial charge in [0.15, 0.2) is 23.2 Å². The Labute approximate surface area is 274 Å². The number of anilines is 2. The monoisotopic (exact) mass is 665 g/mol. The molecule has 1 aliphatic heterocycles. The van der Waals surface area contributed by atoms with Crippen molar-refractivity contribution in [2.24, 2.45) is 11.3 Å². The molecule has 3 heterocycles. The molecule has 5 atom stereocenters. The van der Waals surface area contributed by atoms with Gasteiger partial charge in [-0.3, -0.25) is 9.36 Å². The second-order valence-corrected chi connectivity index (χ2v) is 15.8. The molecule has 0 spiro atoms. The van der Waals surface area contributed by atoms with E-state index >= 15 is 0 Å². The number of aromatic nitrogens is 4. The van der Waals surface area contributed by atoms with Gasteiger partial charge in [-0.2, -0.15) is 9.97 Å². The predicted molar refractivity (Wildman–Crippen MR) is 183 cm³/mol. The van der Waals surface area contributed by atoms with E-state index in [0.29, 0.717) is 29.2 Å². The molecule has 1 saturated heterocycles. The smallest absolute Gasteiger partial charge is 0.323 e. The van der Waals surface area contributed by atoms with Crippen molar-refractivity contribution in [3.8, 4) is 18.1 Å². The molecule has 46 heavy (non-hydrogen) atoms. The molecule has 2 aromatic carbocycles. The van der Waals surface area contributed by atoms with Crippen molar-refractivity contribution in [2.75, 3.05) is 37.9 Å². The Kier molecular flexibility index (Phi) is 9.86. The summed E-state index contributed by atoms with van der Waals surface area (Å²) in [6, 6.07) is 12.7. The van der Waals surface area contributed by atoms with Gasteiger partial charge in [-0.05, 0) is 42.0 Å². The van der Waals surface area contributed by atoms with Crippen LogP contribution in [0.2, 0.25) is 0 Å². The molecule has 1 aliphatic rings. The van der Waals surface area contributed by atoms with Crippen molar-refractivity contribution in [3.05, 3.63) is 48.8 Å². The highest BCUT2D eigenvalue weighted by Gasteiger charge is 2.39. The van der Waals surface area contributed by atoms with Gasteiger partial charge in [-0.15, -0.1) is 6.42 Å². The average molecular weight is 666 g/mol. The maximum atomic E-state index is 12.9. The second kappa shape index (κ2) is 13.5. The van der Waals surface area contributed by atoms with Crippen LogP contribution < -0.4 is 20.2 Å². The number of esters is 1. The first-order valence-corrected chi connectivity index (χ1v) is 17.6. The molecule has 14 heteroatoms. The highest BCUT2D eigenvalue weighted by Crippen LogP contribution is 2.48. The molecular formula is C32H40N7O5PS. The van der Waals surface area contributed by atoms with Gasteiger partial charge in [0, 0.05) is 19.5 Å². The molecule has 4 aromatic rings. The number of carbonyl (C=O) groups excluding carboxylic acids is 1. The molecule has 1 unspecified atom stereocenters. The highest BCUT2D eigenvalue weighted by atomic mass is 32.5. The van der Waals surface area contributed by atoms with E-state index in [0.717, 1.165) is 10.8 Å². The van der Waals surface area contributed by atoms with Crippen LogP contribution in [0.1, 0.15) is 40.3 Å². The zero-order valence-corrected chi connectivity index (χ0v) is 28.5. The third-order valence-electron chi connectivity index (χ3n) is 7.28. The van der Waals surface area contributed by atoms with Crippen LogP contribution in [0.4, 0.5) is 11.8 Å². The van der Waals surface area contributed by atoms with Gasteiger partial charge in [-0.25, -0.2) is 10.1 Å². The predicted octanol–water partition coefficient (Wildman–Crippen LogP) is 5.05. The summed E-state index contributed by atoms with van der Waals surface area (Å²) >= 11 is 6.02. The first-order valence-electron chi connectivity index (χ1n) is 14.9. The third kappa shape index (κ3) is 7.60. The lowest BCUT2D eigenvalue weighted by Gasteiger charge is -2.28. The number of fused-ring (bicyclic) bond motifs is 2. The van der Waals surface area contributed by atoms with Gasteiger partial charge in [-0.1, -0.05) is 63.1 Å². The summed E-state index contributed by atoms with van der Waals surface area (Å²) in [6.45, 7) is 4.60. The number of nitrogens with zero attached hydrogens (tertiary/aromatic N) is 5. The summed E-state index contributed by atoms with van der Waals surface area (Å²) in [6.07, 6.45) is 7.05. The van der Waals surface area contributed by atoms with E-state index in [1.54, 1.807) is 17.8 Å². The fourth-order valence-electron chi connectivity index (χ4n) is 5.06. The number of rotatable bonds is 11. The number of nitrogens with one attached hydrogen (secondary N) is 1. The lowest BCUT2D eigenvalue weighted by atomic mass is 9.99. The van der Waals surface area contributed by atoms with Gasteiger partial charge in [0.05, 0.1) is 31.6 Å². The summed E-state index contributed by atoms with van der Waals surface area (Å²) < 4.78 is 26.6. The van der Waals surface area contributed by atoms with Gasteiger partial charge >= 0.3 is 12.6 Å². The van der Waals surface area contributed by atoms with Crippen molar-refractivity contribution in [3.63, 3.8) is 0 Å². The van der Waals surface area contributed by atoms with Crippen LogP contribution in [0.3, 0.4) is 0 Å². The van der Waals surface area contributed by atoms with Crippen LogP contribution in [0, 0.1) is 23.7 Å². The van der Waals surface area contributed by atoms with E-state index in [4.69, 9.17) is 42.5 Å². The van der Waals surface area contributed by atoms with Crippen LogP contribution in [0.5, 0.6) is 5.75 Å². The Morgan fingerprint density at radius 2 is 2.00 bits per heavy atom. The van der Waals surface area contributed by atoms with Crippen molar-refractivity contribution >= 4 is 58.1 Å². The van der Waals surface area contributed by atoms with E-state index in [1.165, 1.54) is 0 Å². The van der Waals surface area contributed by atoms with Gasteiger partial charge < -0.3 is 29.2 Å². The summed E-state index contributed by atoms with van der Waals surface area (Å²) in [5.74, 6) is 3.30. The standard InChI is InChI=1S/C32H40N7O5PS/c1-8-21-16-23(43-29(21)39-19-34-26-27(38(6)7)35-31(33)36-28(26)39)17-42-45(46,37-20(2)30(40)41-18-32(3,4)5)44-25-15-11-13-22-12-9-10-14-24(22)25/h1,9-15,19-21,23,29H,16-18H2,2-7H3,(H,37,46)(H2,33,35,36)/t20-,21+,23+,29-,45?/m1/s1. The van der Waals surface area contributed by atoms with Crippen LogP contribution in [-0.4, -0.2) is 64.9 Å². The van der Waals surface area contributed by atoms with Crippen LogP contribution >= 0.6 is 6.64 Å². The minimum Gasteiger partial charge on any atom is -0.464 e. The van der Waals surface area contributed by atoms with E-state index in [-0.39, 0.29) is 30.5 Å². The average Bonchev–Trinajstić information content (AvgIpc) is 3.61. The second-order valence-electron chi connectivity index (χ2n) is 12.7. The topological polar surface area (TPSA) is 139 Å². The number of hydrogen-bond donors (Lipinski definition) is 2. The van der Waals surface area contributed by atoms with Crippen molar-refractivity contribution < 1.29 is 23.3 Å². The number of nitrogens with two attached hydrogens (primary N) is 1. The van der Waals surface area contributed by atoms with Crippen LogP contribution in [-0.2, 0) is 30.6 Å². The minimum atomic E-state index is -3.35. The molecule has 0 saturated carbocycles. The van der Waals surface area contributed by atoms with Gasteiger partial charge in [0.25, 0.3) is 0 Å².